The van der Waals surface area contributed by atoms with E-state index >= 15 is 0 Å². The molecule has 1 saturated heterocycles. The van der Waals surface area contributed by atoms with Gasteiger partial charge in [0.1, 0.15) is 23.0 Å². The lowest BCUT2D eigenvalue weighted by Crippen LogP contribution is -2.44. The van der Waals surface area contributed by atoms with E-state index in [1.807, 2.05) is 13.8 Å². The Bertz CT molecular complexity index is 879. The normalized spacial score (nSPS) is 20.0. The molecule has 9 nitrogen and oxygen atoms in total. The lowest BCUT2D eigenvalue weighted by molar-refractivity contribution is -0.160. The number of hydrogen-bond acceptors (Lipinski definition) is 7. The van der Waals surface area contributed by atoms with Gasteiger partial charge in [-0.3, -0.25) is 9.59 Å². The van der Waals surface area contributed by atoms with E-state index in [0.717, 1.165) is 0 Å². The summed E-state index contributed by atoms with van der Waals surface area (Å²) in [6.07, 6.45) is 2.08. The van der Waals surface area contributed by atoms with E-state index in [1.165, 1.54) is 36.8 Å². The lowest BCUT2D eigenvalue weighted by Gasteiger charge is -2.26. The highest BCUT2D eigenvalue weighted by Crippen LogP contribution is 2.41. The number of aromatic nitrogens is 2. The number of esters is 1. The van der Waals surface area contributed by atoms with Crippen molar-refractivity contribution in [1.29, 1.82) is 0 Å². The monoisotopic (exact) mass is 420 g/mol. The number of furan rings is 1. The van der Waals surface area contributed by atoms with Gasteiger partial charge in [-0.2, -0.15) is 5.10 Å². The average molecular weight is 420 g/mol. The second kappa shape index (κ2) is 8.73. The second-order valence-corrected chi connectivity index (χ2v) is 8.08. The lowest BCUT2D eigenvalue weighted by atomic mass is 10.2. The van der Waals surface area contributed by atoms with Crippen LogP contribution in [0.5, 0.6) is 0 Å². The van der Waals surface area contributed by atoms with Crippen molar-refractivity contribution in [1.82, 2.24) is 14.7 Å². The highest BCUT2D eigenvalue weighted by Gasteiger charge is 2.43. The Labute approximate surface area is 172 Å². The smallest absolute Gasteiger partial charge is 0.330 e. The number of rotatable bonds is 6. The third-order valence-corrected chi connectivity index (χ3v) is 5.78. The number of carbonyl (C=O) groups excluding carboxylic acids is 3. The molecular formula is C19H24N4O5S. The van der Waals surface area contributed by atoms with Crippen molar-refractivity contribution in [2.24, 2.45) is 0 Å². The highest BCUT2D eigenvalue weighted by atomic mass is 32.2. The number of ether oxygens (including phenoxy) is 1. The van der Waals surface area contributed by atoms with Gasteiger partial charge in [0.2, 0.25) is 5.91 Å². The van der Waals surface area contributed by atoms with Crippen LogP contribution in [0.1, 0.15) is 44.9 Å². The Hall–Kier alpha value is -2.75. The van der Waals surface area contributed by atoms with Crippen molar-refractivity contribution in [3.8, 4) is 0 Å². The minimum Gasteiger partial charge on any atom is -0.466 e. The highest BCUT2D eigenvalue weighted by molar-refractivity contribution is 7.99. The van der Waals surface area contributed by atoms with Crippen molar-refractivity contribution >= 4 is 35.4 Å². The van der Waals surface area contributed by atoms with Gasteiger partial charge in [0.05, 0.1) is 12.5 Å². The Kier molecular flexibility index (Phi) is 6.31. The summed E-state index contributed by atoms with van der Waals surface area (Å²) in [5.74, 6) is 0.111. The summed E-state index contributed by atoms with van der Waals surface area (Å²) in [4.78, 5) is 38.8. The summed E-state index contributed by atoms with van der Waals surface area (Å²) >= 11 is 1.42. The molecule has 1 aliphatic rings. The zero-order valence-electron chi connectivity index (χ0n) is 16.7. The molecule has 0 saturated carbocycles. The SMILES string of the molecule is CC(=O)N1[C@@H](C(=O)O[C@@H](C)C(=O)Nc2ccnn2C(C)C)CS[C@@H]1c1ccco1. The van der Waals surface area contributed by atoms with Gasteiger partial charge in [-0.05, 0) is 32.9 Å². The van der Waals surface area contributed by atoms with Crippen LogP contribution in [-0.4, -0.2) is 50.4 Å². The van der Waals surface area contributed by atoms with Gasteiger partial charge >= 0.3 is 5.97 Å². The minimum atomic E-state index is -1.03. The van der Waals surface area contributed by atoms with Crippen molar-refractivity contribution in [2.75, 3.05) is 11.1 Å². The van der Waals surface area contributed by atoms with E-state index in [1.54, 1.807) is 29.1 Å². The minimum absolute atomic E-state index is 0.0660. The summed E-state index contributed by atoms with van der Waals surface area (Å²) in [5.41, 5.74) is 0. The van der Waals surface area contributed by atoms with Gasteiger partial charge in [0, 0.05) is 24.8 Å². The summed E-state index contributed by atoms with van der Waals surface area (Å²) in [7, 11) is 0. The van der Waals surface area contributed by atoms with Crippen LogP contribution in [-0.2, 0) is 19.1 Å². The molecule has 0 bridgehead atoms. The van der Waals surface area contributed by atoms with Crippen LogP contribution in [0.25, 0.3) is 0 Å². The van der Waals surface area contributed by atoms with E-state index in [0.29, 0.717) is 17.3 Å². The summed E-state index contributed by atoms with van der Waals surface area (Å²) in [5, 5.41) is 6.47. The van der Waals surface area contributed by atoms with Crippen LogP contribution >= 0.6 is 11.8 Å². The number of hydrogen-bond donors (Lipinski definition) is 1. The van der Waals surface area contributed by atoms with Crippen LogP contribution in [0.4, 0.5) is 5.82 Å². The van der Waals surface area contributed by atoms with Crippen molar-refractivity contribution in [3.05, 3.63) is 36.4 Å². The van der Waals surface area contributed by atoms with Crippen LogP contribution < -0.4 is 5.32 Å². The Morgan fingerprint density at radius 2 is 2.07 bits per heavy atom. The fourth-order valence-corrected chi connectivity index (χ4v) is 4.50. The molecule has 1 fully saturated rings. The second-order valence-electron chi connectivity index (χ2n) is 6.97. The molecule has 0 radical (unpaired) electrons. The number of carbonyl (C=O) groups is 3. The first kappa shape index (κ1) is 21.0. The first-order valence-electron chi connectivity index (χ1n) is 9.28. The van der Waals surface area contributed by atoms with Gasteiger partial charge in [-0.25, -0.2) is 9.48 Å². The first-order valence-corrected chi connectivity index (χ1v) is 10.3. The quantitative estimate of drug-likeness (QED) is 0.716. The predicted molar refractivity (Wildman–Crippen MR) is 107 cm³/mol. The van der Waals surface area contributed by atoms with Crippen molar-refractivity contribution in [3.63, 3.8) is 0 Å². The Balaban J connectivity index is 1.65. The van der Waals surface area contributed by atoms with Crippen LogP contribution in [0.2, 0.25) is 0 Å². The molecule has 2 aromatic heterocycles. The van der Waals surface area contributed by atoms with E-state index in [-0.39, 0.29) is 11.9 Å². The number of amides is 2. The topological polar surface area (TPSA) is 107 Å². The van der Waals surface area contributed by atoms with Gasteiger partial charge in [0.25, 0.3) is 5.91 Å². The Morgan fingerprint density at radius 3 is 2.69 bits per heavy atom. The molecule has 0 aromatic carbocycles. The Morgan fingerprint density at radius 1 is 1.31 bits per heavy atom. The number of nitrogens with one attached hydrogen (secondary N) is 1. The number of anilines is 1. The average Bonchev–Trinajstić information content (AvgIpc) is 3.40. The zero-order valence-corrected chi connectivity index (χ0v) is 17.5. The molecule has 2 amide bonds. The molecule has 1 N–H and O–H groups in total. The zero-order chi connectivity index (χ0) is 21.1. The van der Waals surface area contributed by atoms with E-state index in [2.05, 4.69) is 10.4 Å². The van der Waals surface area contributed by atoms with Crippen molar-refractivity contribution < 1.29 is 23.5 Å². The van der Waals surface area contributed by atoms with Gasteiger partial charge in [-0.1, -0.05) is 0 Å². The largest absolute Gasteiger partial charge is 0.466 e. The molecule has 29 heavy (non-hydrogen) atoms. The maximum absolute atomic E-state index is 12.7. The number of thioether (sulfide) groups is 1. The van der Waals surface area contributed by atoms with Crippen LogP contribution in [0.15, 0.2) is 35.1 Å². The third-order valence-electron chi connectivity index (χ3n) is 4.50. The molecule has 10 heteroatoms. The van der Waals surface area contributed by atoms with Gasteiger partial charge in [0.15, 0.2) is 6.10 Å². The molecule has 1 aliphatic heterocycles. The predicted octanol–water partition coefficient (Wildman–Crippen LogP) is 2.59. The molecule has 0 unspecified atom stereocenters. The molecular weight excluding hydrogens is 396 g/mol. The van der Waals surface area contributed by atoms with Crippen LogP contribution in [0, 0.1) is 0 Å². The molecule has 2 aromatic rings. The molecule has 3 rings (SSSR count). The fraction of sp³-hybridized carbons (Fsp3) is 0.474. The fourth-order valence-electron chi connectivity index (χ4n) is 3.08. The van der Waals surface area contributed by atoms with Crippen LogP contribution in [0.3, 0.4) is 0 Å². The standard InChI is InChI=1S/C19H24N4O5S/c1-11(2)23-16(7-8-20-23)21-17(25)12(3)28-19(26)14-10-29-18(22(14)13(4)24)15-6-5-9-27-15/h5-9,11-12,14,18H,10H2,1-4H3,(H,21,25)/t12-,14+,18+/m0/s1. The van der Waals surface area contributed by atoms with E-state index in [4.69, 9.17) is 9.15 Å². The van der Waals surface area contributed by atoms with E-state index in [9.17, 15) is 14.4 Å². The third kappa shape index (κ3) is 4.47. The molecule has 0 spiro atoms. The maximum atomic E-state index is 12.7. The molecule has 156 valence electrons. The van der Waals surface area contributed by atoms with Crippen molar-refractivity contribution in [2.45, 2.75) is 51.3 Å². The van der Waals surface area contributed by atoms with Gasteiger partial charge in [-0.15, -0.1) is 11.8 Å². The van der Waals surface area contributed by atoms with Gasteiger partial charge < -0.3 is 19.4 Å². The molecule has 3 heterocycles. The summed E-state index contributed by atoms with van der Waals surface area (Å²) in [6, 6.07) is 4.44. The first-order chi connectivity index (χ1) is 13.8. The van der Waals surface area contributed by atoms with E-state index < -0.39 is 29.4 Å². The molecule has 3 atom stereocenters. The maximum Gasteiger partial charge on any atom is 0.330 e. The number of nitrogens with zero attached hydrogens (tertiary/aromatic N) is 3. The summed E-state index contributed by atoms with van der Waals surface area (Å²) < 4.78 is 12.4. The summed E-state index contributed by atoms with van der Waals surface area (Å²) in [6.45, 7) is 6.77. The molecule has 0 aliphatic carbocycles.